The van der Waals surface area contributed by atoms with Gasteiger partial charge in [-0.2, -0.15) is 0 Å². The minimum atomic E-state index is -2.22. The second-order valence-corrected chi connectivity index (χ2v) is 2.12. The first-order valence-electron chi connectivity index (χ1n) is 3.35. The molecule has 0 aliphatic rings. The largest absolute Gasteiger partial charge is 1.00 e. The van der Waals surface area contributed by atoms with Gasteiger partial charge in [-0.05, 0) is 0 Å². The number of hydrogen-bond acceptors (Lipinski definition) is 9. The molecular weight excluding hydrogens is 262 g/mol. The fourth-order valence-electron chi connectivity index (χ4n) is 0.526. The zero-order valence-electron chi connectivity index (χ0n) is 9.00. The first kappa shape index (κ1) is 22.1. The number of ether oxygens (including phenoxy) is 2. The van der Waals surface area contributed by atoms with Crippen LogP contribution in [0.2, 0.25) is 0 Å². The summed E-state index contributed by atoms with van der Waals surface area (Å²) in [5.74, 6) is -3.16. The van der Waals surface area contributed by atoms with Gasteiger partial charge in [0.15, 0.2) is 0 Å². The molecule has 0 amide bonds. The van der Waals surface area contributed by atoms with Crippen LogP contribution in [0.25, 0.3) is 0 Å². The van der Waals surface area contributed by atoms with Crippen LogP contribution in [-0.2, 0) is 19.1 Å². The van der Waals surface area contributed by atoms with Crippen LogP contribution < -0.4 is 69.3 Å². The third-order valence-corrected chi connectivity index (χ3v) is 1.01. The monoisotopic (exact) mass is 266 g/mol. The van der Waals surface area contributed by atoms with E-state index in [0.717, 1.165) is 0 Å². The van der Waals surface area contributed by atoms with E-state index < -0.39 is 36.8 Å². The van der Waals surface area contributed by atoms with E-state index in [2.05, 4.69) is 9.47 Å². The molecule has 1 N–H and O–H groups in total. The number of aliphatic hydroxyl groups excluding tert-OH is 1. The molecule has 0 aromatic rings. The van der Waals surface area contributed by atoms with Crippen LogP contribution in [0.15, 0.2) is 0 Å². The molecule has 0 heterocycles. The molecule has 0 aliphatic carbocycles. The van der Waals surface area contributed by atoms with Gasteiger partial charge in [0.2, 0.25) is 5.97 Å². The van der Waals surface area contributed by atoms with Gasteiger partial charge in [-0.25, -0.2) is 0 Å². The molecule has 0 spiro atoms. The molecule has 1 unspecified atom stereocenters. The average Bonchev–Trinajstić information content (AvgIpc) is 2.00. The van der Waals surface area contributed by atoms with Crippen molar-refractivity contribution in [2.45, 2.75) is 12.5 Å². The molecule has 9 nitrogen and oxygen atoms in total. The average molecular weight is 266 g/mol. The Bertz CT molecular complexity index is 302. The van der Waals surface area contributed by atoms with Crippen LogP contribution in [-0.4, -0.2) is 35.5 Å². The summed E-state index contributed by atoms with van der Waals surface area (Å²) in [5.41, 5.74) is 0. The summed E-state index contributed by atoms with van der Waals surface area (Å²) in [5, 5.41) is 28.1. The molecule has 0 saturated heterocycles. The first-order chi connectivity index (χ1) is 6.82. The van der Waals surface area contributed by atoms with Gasteiger partial charge in [0.1, 0.15) is 6.10 Å². The summed E-state index contributed by atoms with van der Waals surface area (Å²) in [6.07, 6.45) is -7.62. The summed E-state index contributed by atoms with van der Waals surface area (Å²) in [6, 6.07) is 0. The number of carbonyl (C=O) groups is 4. The van der Waals surface area contributed by atoms with Crippen molar-refractivity contribution in [2.75, 3.05) is 0 Å². The van der Waals surface area contributed by atoms with E-state index in [9.17, 15) is 29.4 Å². The minimum absolute atomic E-state index is 0. The Balaban J connectivity index is -0.000000980. The van der Waals surface area contributed by atoms with Crippen LogP contribution in [0, 0.1) is 0 Å². The maximum atomic E-state index is 10.5. The molecule has 0 radical (unpaired) electrons. The molecular formula is C6H4Na2O9. The van der Waals surface area contributed by atoms with Gasteiger partial charge in [0, 0.05) is 0 Å². The van der Waals surface area contributed by atoms with Crippen molar-refractivity contribution in [1.82, 2.24) is 0 Å². The number of aliphatic hydroxyl groups is 1. The van der Waals surface area contributed by atoms with Crippen molar-refractivity contribution in [1.29, 1.82) is 0 Å². The van der Waals surface area contributed by atoms with Gasteiger partial charge in [-0.15, -0.1) is 0 Å². The van der Waals surface area contributed by atoms with Crippen molar-refractivity contribution in [3.8, 4) is 0 Å². The van der Waals surface area contributed by atoms with E-state index in [1.807, 2.05) is 0 Å². The number of carboxylic acid groups (broad SMARTS) is 2. The predicted octanol–water partition coefficient (Wildman–Crippen LogP) is -9.48. The number of rotatable bonds is 3. The molecule has 84 valence electrons. The third-order valence-electron chi connectivity index (χ3n) is 1.01. The number of esters is 2. The van der Waals surface area contributed by atoms with Gasteiger partial charge in [-0.1, -0.05) is 0 Å². The minimum Gasteiger partial charge on any atom is -0.484 e. The van der Waals surface area contributed by atoms with Crippen molar-refractivity contribution in [2.24, 2.45) is 0 Å². The van der Waals surface area contributed by atoms with Gasteiger partial charge in [0.25, 0.3) is 18.3 Å². The van der Waals surface area contributed by atoms with Crippen LogP contribution in [0.4, 0.5) is 9.59 Å². The van der Waals surface area contributed by atoms with Gasteiger partial charge < -0.3 is 34.4 Å². The van der Waals surface area contributed by atoms with Crippen molar-refractivity contribution in [3.05, 3.63) is 0 Å². The van der Waals surface area contributed by atoms with Crippen LogP contribution in [0.3, 0.4) is 0 Å². The fourth-order valence-corrected chi connectivity index (χ4v) is 0.526. The Morgan fingerprint density at radius 2 is 1.41 bits per heavy atom. The molecule has 0 bridgehead atoms. The number of hydrogen-bond donors (Lipinski definition) is 1. The maximum Gasteiger partial charge on any atom is 1.00 e. The zero-order chi connectivity index (χ0) is 12.0. The Kier molecular flexibility index (Phi) is 14.2. The Morgan fingerprint density at radius 3 is 1.76 bits per heavy atom. The molecule has 1 atom stereocenters. The molecule has 0 aliphatic heterocycles. The summed E-state index contributed by atoms with van der Waals surface area (Å²) in [6.45, 7) is 0. The molecule has 0 fully saturated rings. The summed E-state index contributed by atoms with van der Waals surface area (Å²) in [7, 11) is 0. The van der Waals surface area contributed by atoms with E-state index in [1.165, 1.54) is 0 Å². The van der Waals surface area contributed by atoms with E-state index in [1.54, 1.807) is 0 Å². The van der Waals surface area contributed by atoms with Crippen LogP contribution in [0.1, 0.15) is 6.42 Å². The zero-order valence-corrected chi connectivity index (χ0v) is 13.0. The van der Waals surface area contributed by atoms with E-state index in [4.69, 9.17) is 5.11 Å². The summed E-state index contributed by atoms with van der Waals surface area (Å²) in [4.78, 5) is 40.4. The molecule has 11 heteroatoms. The quantitative estimate of drug-likeness (QED) is 0.298. The number of carbonyl (C=O) groups excluding carboxylic acids is 4. The Hall–Kier alpha value is -0.160. The van der Waals surface area contributed by atoms with E-state index in [-0.39, 0.29) is 59.1 Å². The second-order valence-electron chi connectivity index (χ2n) is 2.12. The topological polar surface area (TPSA) is 153 Å². The van der Waals surface area contributed by atoms with Crippen LogP contribution >= 0.6 is 0 Å². The Labute approximate surface area is 139 Å². The predicted molar refractivity (Wildman–Crippen MR) is 33.6 cm³/mol. The van der Waals surface area contributed by atoms with Crippen molar-refractivity contribution >= 4 is 24.2 Å². The maximum absolute atomic E-state index is 10.5. The van der Waals surface area contributed by atoms with Crippen LogP contribution in [0.5, 0.6) is 0 Å². The van der Waals surface area contributed by atoms with Gasteiger partial charge >= 0.3 is 59.1 Å². The van der Waals surface area contributed by atoms with Gasteiger partial charge in [-0.3, -0.25) is 9.59 Å². The van der Waals surface area contributed by atoms with Crippen molar-refractivity contribution < 1.29 is 103 Å². The molecule has 0 rings (SSSR count). The normalized spacial score (nSPS) is 9.94. The molecule has 0 aromatic heterocycles. The second kappa shape index (κ2) is 11.0. The Morgan fingerprint density at radius 1 is 1.00 bits per heavy atom. The molecule has 0 aromatic carbocycles. The third kappa shape index (κ3) is 12.1. The smallest absolute Gasteiger partial charge is 0.484 e. The first-order valence-corrected chi connectivity index (χ1v) is 3.35. The SMILES string of the molecule is O=C([O-])OC(=O)CC(O)C(=O)OC(=O)[O-].[Na+].[Na+]. The molecule has 0 saturated carbocycles. The summed E-state index contributed by atoms with van der Waals surface area (Å²) < 4.78 is 6.78. The fraction of sp³-hybridized carbons (Fsp3) is 0.333. The van der Waals surface area contributed by atoms with E-state index >= 15 is 0 Å². The van der Waals surface area contributed by atoms with Gasteiger partial charge in [0.05, 0.1) is 6.42 Å². The van der Waals surface area contributed by atoms with Crippen molar-refractivity contribution in [3.63, 3.8) is 0 Å². The standard InChI is InChI=1S/C6H6O9.2Na/c7-2(4(9)15-6(12)13)1-3(8)14-5(10)11;;/h2,7H,1H2,(H,10,11)(H,12,13);;/q;2*+1/p-2. The molecule has 17 heavy (non-hydrogen) atoms. The summed E-state index contributed by atoms with van der Waals surface area (Å²) >= 11 is 0. The van der Waals surface area contributed by atoms with E-state index in [0.29, 0.717) is 0 Å².